The number of benzene rings is 1. The fraction of sp³-hybridized carbons (Fsp3) is 0.111. The van der Waals surface area contributed by atoms with Gasteiger partial charge in [0, 0.05) is 16.1 Å². The van der Waals surface area contributed by atoms with Gasteiger partial charge >= 0.3 is 0 Å². The van der Waals surface area contributed by atoms with Crippen molar-refractivity contribution in [1.82, 2.24) is 0 Å². The van der Waals surface area contributed by atoms with Crippen LogP contribution >= 0.6 is 35.3 Å². The molecule has 0 saturated carbocycles. The van der Waals surface area contributed by atoms with Crippen LogP contribution in [0.1, 0.15) is 4.88 Å². The number of rotatable bonds is 1. The third-order valence-corrected chi connectivity index (χ3v) is 2.82. The van der Waals surface area contributed by atoms with Crippen LogP contribution < -0.4 is 5.73 Å². The highest BCUT2D eigenvalue weighted by atomic mass is 127. The van der Waals surface area contributed by atoms with E-state index in [0.29, 0.717) is 6.54 Å². The van der Waals surface area contributed by atoms with Crippen molar-refractivity contribution in [3.63, 3.8) is 0 Å². The molecule has 2 N–H and O–H groups in total. The molecule has 0 spiro atoms. The van der Waals surface area contributed by atoms with Crippen LogP contribution in [0.5, 0.6) is 0 Å². The summed E-state index contributed by atoms with van der Waals surface area (Å²) < 4.78 is 1.33. The second-order valence-electron chi connectivity index (χ2n) is 2.45. The van der Waals surface area contributed by atoms with Gasteiger partial charge in [-0.2, -0.15) is 0 Å². The second-order valence-corrected chi connectivity index (χ2v) is 3.62. The van der Waals surface area contributed by atoms with Crippen LogP contribution in [0.4, 0.5) is 0 Å². The molecule has 0 unspecified atom stereocenters. The maximum absolute atomic E-state index is 5.52. The van der Waals surface area contributed by atoms with Crippen LogP contribution in [0.15, 0.2) is 30.3 Å². The van der Waals surface area contributed by atoms with Gasteiger partial charge in [0.15, 0.2) is 0 Å². The Labute approximate surface area is 92.6 Å². The zero-order valence-electron chi connectivity index (χ0n) is 6.49. The fourth-order valence-electron chi connectivity index (χ4n) is 1.14. The minimum absolute atomic E-state index is 0. The van der Waals surface area contributed by atoms with E-state index in [4.69, 9.17) is 5.73 Å². The van der Waals surface area contributed by atoms with Gasteiger partial charge < -0.3 is 5.73 Å². The Morgan fingerprint density at radius 2 is 2.00 bits per heavy atom. The number of thiophene rings is 1. The first-order valence-electron chi connectivity index (χ1n) is 3.57. The highest BCUT2D eigenvalue weighted by molar-refractivity contribution is 14.0. The number of halogens is 1. The number of fused-ring (bicyclic) bond motifs is 1. The van der Waals surface area contributed by atoms with E-state index in [2.05, 4.69) is 30.3 Å². The third-order valence-electron chi connectivity index (χ3n) is 1.68. The monoisotopic (exact) mass is 291 g/mol. The SMILES string of the molecule is I.NCc1cc2ccccc2s1. The zero-order valence-corrected chi connectivity index (χ0v) is 9.63. The summed E-state index contributed by atoms with van der Waals surface area (Å²) in [6.07, 6.45) is 0. The molecule has 12 heavy (non-hydrogen) atoms. The molecule has 0 aliphatic carbocycles. The first-order valence-corrected chi connectivity index (χ1v) is 4.39. The highest BCUT2D eigenvalue weighted by Gasteiger charge is 1.96. The zero-order chi connectivity index (χ0) is 7.68. The maximum atomic E-state index is 5.52. The van der Waals surface area contributed by atoms with E-state index in [1.807, 2.05) is 0 Å². The Balaban J connectivity index is 0.000000720. The summed E-state index contributed by atoms with van der Waals surface area (Å²) in [7, 11) is 0. The molecule has 1 aromatic heterocycles. The van der Waals surface area contributed by atoms with Gasteiger partial charge in [0.05, 0.1) is 0 Å². The molecule has 1 aromatic carbocycles. The van der Waals surface area contributed by atoms with Gasteiger partial charge in [0.25, 0.3) is 0 Å². The van der Waals surface area contributed by atoms with Crippen LogP contribution in [0.2, 0.25) is 0 Å². The van der Waals surface area contributed by atoms with Gasteiger partial charge in [-0.15, -0.1) is 35.3 Å². The summed E-state index contributed by atoms with van der Waals surface area (Å²) >= 11 is 1.77. The van der Waals surface area contributed by atoms with Crippen LogP contribution in [0, 0.1) is 0 Å². The molecule has 0 atom stereocenters. The lowest BCUT2D eigenvalue weighted by Crippen LogP contribution is -1.90. The fourth-order valence-corrected chi connectivity index (χ4v) is 2.08. The normalized spacial score (nSPS) is 9.75. The molecule has 0 saturated heterocycles. The minimum atomic E-state index is 0. The second kappa shape index (κ2) is 4.20. The molecule has 0 aliphatic rings. The van der Waals surface area contributed by atoms with Crippen molar-refractivity contribution >= 4 is 45.4 Å². The molecule has 0 bridgehead atoms. The summed E-state index contributed by atoms with van der Waals surface area (Å²) in [6.45, 7) is 0.652. The van der Waals surface area contributed by atoms with Gasteiger partial charge in [0.2, 0.25) is 0 Å². The Morgan fingerprint density at radius 3 is 2.67 bits per heavy atom. The molecule has 2 rings (SSSR count). The van der Waals surface area contributed by atoms with E-state index in [1.165, 1.54) is 15.0 Å². The van der Waals surface area contributed by atoms with E-state index in [1.54, 1.807) is 11.3 Å². The van der Waals surface area contributed by atoms with Crippen LogP contribution in [0.3, 0.4) is 0 Å². The molecule has 64 valence electrons. The molecular formula is C9H10INS. The number of hydrogen-bond acceptors (Lipinski definition) is 2. The van der Waals surface area contributed by atoms with Crippen LogP contribution in [-0.2, 0) is 6.54 Å². The molecule has 2 aromatic rings. The largest absolute Gasteiger partial charge is 0.326 e. The van der Waals surface area contributed by atoms with Crippen LogP contribution in [0.25, 0.3) is 10.1 Å². The van der Waals surface area contributed by atoms with Crippen molar-refractivity contribution in [2.45, 2.75) is 6.54 Å². The summed E-state index contributed by atoms with van der Waals surface area (Å²) in [4.78, 5) is 1.26. The Kier molecular flexibility index (Phi) is 3.49. The van der Waals surface area contributed by atoms with Crippen molar-refractivity contribution in [2.24, 2.45) is 5.73 Å². The average Bonchev–Trinajstić information content (AvgIpc) is 2.46. The van der Waals surface area contributed by atoms with Crippen molar-refractivity contribution in [3.8, 4) is 0 Å². The number of hydrogen-bond donors (Lipinski definition) is 1. The van der Waals surface area contributed by atoms with Crippen molar-refractivity contribution < 1.29 is 0 Å². The standard InChI is InChI=1S/C9H9NS.HI/c10-6-8-5-7-3-1-2-4-9(7)11-8;/h1-5H,6,10H2;1H. The molecule has 3 heteroatoms. The Morgan fingerprint density at radius 1 is 1.25 bits per heavy atom. The lowest BCUT2D eigenvalue weighted by molar-refractivity contribution is 1.11. The molecule has 0 radical (unpaired) electrons. The highest BCUT2D eigenvalue weighted by Crippen LogP contribution is 2.24. The predicted octanol–water partition coefficient (Wildman–Crippen LogP) is 2.98. The average molecular weight is 291 g/mol. The maximum Gasteiger partial charge on any atom is 0.0346 e. The molecule has 1 nitrogen and oxygen atoms in total. The molecular weight excluding hydrogens is 281 g/mol. The van der Waals surface area contributed by atoms with Gasteiger partial charge in [0.1, 0.15) is 0 Å². The van der Waals surface area contributed by atoms with Crippen molar-refractivity contribution in [2.75, 3.05) is 0 Å². The van der Waals surface area contributed by atoms with E-state index in [-0.39, 0.29) is 24.0 Å². The van der Waals surface area contributed by atoms with E-state index in [9.17, 15) is 0 Å². The summed E-state index contributed by atoms with van der Waals surface area (Å²) in [5.41, 5.74) is 5.52. The first-order chi connectivity index (χ1) is 5.40. The molecule has 0 fully saturated rings. The third kappa shape index (κ3) is 1.78. The van der Waals surface area contributed by atoms with Crippen molar-refractivity contribution in [3.05, 3.63) is 35.2 Å². The first kappa shape index (κ1) is 9.95. The van der Waals surface area contributed by atoms with E-state index in [0.717, 1.165) is 0 Å². The summed E-state index contributed by atoms with van der Waals surface area (Å²) in [5, 5.41) is 1.30. The van der Waals surface area contributed by atoms with Crippen LogP contribution in [-0.4, -0.2) is 0 Å². The van der Waals surface area contributed by atoms with Gasteiger partial charge in [-0.1, -0.05) is 18.2 Å². The molecule has 0 aliphatic heterocycles. The lowest BCUT2D eigenvalue weighted by atomic mass is 10.2. The summed E-state index contributed by atoms with van der Waals surface area (Å²) in [5.74, 6) is 0. The lowest BCUT2D eigenvalue weighted by Gasteiger charge is -1.82. The van der Waals surface area contributed by atoms with Crippen molar-refractivity contribution in [1.29, 1.82) is 0 Å². The van der Waals surface area contributed by atoms with Gasteiger partial charge in [-0.3, -0.25) is 0 Å². The molecule has 1 heterocycles. The smallest absolute Gasteiger partial charge is 0.0346 e. The van der Waals surface area contributed by atoms with E-state index < -0.39 is 0 Å². The van der Waals surface area contributed by atoms with E-state index >= 15 is 0 Å². The Bertz CT molecular complexity index is 336. The van der Waals surface area contributed by atoms with Gasteiger partial charge in [-0.25, -0.2) is 0 Å². The minimum Gasteiger partial charge on any atom is -0.326 e. The number of nitrogens with two attached hydrogens (primary N) is 1. The quantitative estimate of drug-likeness (QED) is 0.803. The summed E-state index contributed by atoms with van der Waals surface area (Å²) in [6, 6.07) is 10.5. The van der Waals surface area contributed by atoms with Gasteiger partial charge in [-0.05, 0) is 17.5 Å². The molecule has 0 amide bonds. The Hall–Kier alpha value is -0.130. The topological polar surface area (TPSA) is 26.0 Å². The predicted molar refractivity (Wildman–Crippen MR) is 65.1 cm³/mol.